The van der Waals surface area contributed by atoms with E-state index in [1.807, 2.05) is 24.3 Å². The minimum absolute atomic E-state index is 0.187. The summed E-state index contributed by atoms with van der Waals surface area (Å²) in [6, 6.07) is 17.6. The van der Waals surface area contributed by atoms with E-state index < -0.39 is 0 Å². The molecule has 1 aliphatic rings. The first-order chi connectivity index (χ1) is 16.7. The number of pyridine rings is 1. The van der Waals surface area contributed by atoms with Gasteiger partial charge in [0.1, 0.15) is 23.2 Å². The summed E-state index contributed by atoms with van der Waals surface area (Å²) in [5, 5.41) is 3.62. The lowest BCUT2D eigenvalue weighted by Crippen LogP contribution is -2.38. The van der Waals surface area contributed by atoms with Crippen molar-refractivity contribution in [3.05, 3.63) is 89.4 Å². The van der Waals surface area contributed by atoms with Gasteiger partial charge in [-0.25, -0.2) is 9.37 Å². The number of rotatable bonds is 10. The summed E-state index contributed by atoms with van der Waals surface area (Å²) in [6.45, 7) is 5.29. The third-order valence-corrected chi connectivity index (χ3v) is 6.51. The van der Waals surface area contributed by atoms with Crippen LogP contribution in [0.25, 0.3) is 0 Å². The normalized spacial score (nSPS) is 14.0. The van der Waals surface area contributed by atoms with Gasteiger partial charge in [-0.2, -0.15) is 0 Å². The monoisotopic (exact) mass is 481 g/mol. The molecular weight excluding hydrogens is 453 g/mol. The number of carbonyl (C=O) groups is 1. The molecule has 0 spiro atoms. The van der Waals surface area contributed by atoms with Crippen molar-refractivity contribution in [1.29, 1.82) is 0 Å². The molecule has 0 saturated carbocycles. The summed E-state index contributed by atoms with van der Waals surface area (Å²) in [5.74, 6) is 0.935. The molecule has 8 heteroatoms. The van der Waals surface area contributed by atoms with Gasteiger partial charge in [-0.3, -0.25) is 9.69 Å². The second kappa shape index (κ2) is 12.5. The summed E-state index contributed by atoms with van der Waals surface area (Å²) in [7, 11) is 0. The summed E-state index contributed by atoms with van der Waals surface area (Å²) >= 11 is 1.45. The Morgan fingerprint density at radius 2 is 1.91 bits per heavy atom. The molecule has 2 aromatic carbocycles. The molecule has 0 bridgehead atoms. The van der Waals surface area contributed by atoms with E-state index in [1.165, 1.54) is 23.9 Å². The highest BCUT2D eigenvalue weighted by Gasteiger charge is 2.13. The van der Waals surface area contributed by atoms with E-state index in [-0.39, 0.29) is 11.7 Å². The fraction of sp³-hybridized carbons (Fsp3) is 0.308. The number of morpholine rings is 1. The Labute approximate surface area is 203 Å². The van der Waals surface area contributed by atoms with Gasteiger partial charge in [0.2, 0.25) is 0 Å². The summed E-state index contributed by atoms with van der Waals surface area (Å²) in [4.78, 5) is 19.6. The quantitative estimate of drug-likeness (QED) is 0.439. The lowest BCUT2D eigenvalue weighted by Gasteiger charge is -2.26. The molecule has 1 amide bonds. The number of aromatic nitrogens is 1. The molecule has 34 heavy (non-hydrogen) atoms. The average molecular weight is 482 g/mol. The van der Waals surface area contributed by atoms with Crippen molar-refractivity contribution >= 4 is 17.7 Å². The number of halogens is 1. The number of nitrogens with one attached hydrogen (secondary N) is 1. The highest BCUT2D eigenvalue weighted by atomic mass is 32.2. The van der Waals surface area contributed by atoms with Crippen molar-refractivity contribution in [2.24, 2.45) is 0 Å². The zero-order chi connectivity index (χ0) is 23.6. The first-order valence-corrected chi connectivity index (χ1v) is 12.3. The van der Waals surface area contributed by atoms with Crippen molar-refractivity contribution in [2.75, 3.05) is 39.5 Å². The van der Waals surface area contributed by atoms with Gasteiger partial charge in [0.25, 0.3) is 5.91 Å². The van der Waals surface area contributed by atoms with Crippen molar-refractivity contribution < 1.29 is 18.7 Å². The molecule has 1 fully saturated rings. The zero-order valence-corrected chi connectivity index (χ0v) is 19.7. The topological polar surface area (TPSA) is 63.7 Å². The maximum absolute atomic E-state index is 13.1. The van der Waals surface area contributed by atoms with Gasteiger partial charge in [-0.15, -0.1) is 11.8 Å². The van der Waals surface area contributed by atoms with Crippen LogP contribution in [0.2, 0.25) is 0 Å². The standard InChI is InChI=1S/C26H28FN3O3S/c27-22-8-6-20(7-9-22)19-34-26-24(5-2-10-28-26)25(31)29-18-21-3-1-4-23(17-21)33-16-13-30-11-14-32-15-12-30/h1-10,17H,11-16,18-19H2,(H,29,31). The maximum atomic E-state index is 13.1. The molecule has 6 nitrogen and oxygen atoms in total. The zero-order valence-electron chi connectivity index (χ0n) is 18.9. The molecule has 178 valence electrons. The van der Waals surface area contributed by atoms with Gasteiger partial charge in [-0.1, -0.05) is 24.3 Å². The SMILES string of the molecule is O=C(NCc1cccc(OCCN2CCOCC2)c1)c1cccnc1SCc1ccc(F)cc1. The third kappa shape index (κ3) is 7.28. The Kier molecular flexibility index (Phi) is 8.90. The minimum Gasteiger partial charge on any atom is -0.492 e. The fourth-order valence-electron chi connectivity index (χ4n) is 3.55. The lowest BCUT2D eigenvalue weighted by atomic mass is 10.2. The number of nitrogens with zero attached hydrogens (tertiary/aromatic N) is 2. The first-order valence-electron chi connectivity index (χ1n) is 11.3. The van der Waals surface area contributed by atoms with Crippen LogP contribution in [0, 0.1) is 5.82 Å². The molecule has 1 N–H and O–H groups in total. The summed E-state index contributed by atoms with van der Waals surface area (Å²) in [6.07, 6.45) is 1.67. The van der Waals surface area contributed by atoms with E-state index in [4.69, 9.17) is 9.47 Å². The highest BCUT2D eigenvalue weighted by molar-refractivity contribution is 7.98. The second-order valence-electron chi connectivity index (χ2n) is 7.90. The van der Waals surface area contributed by atoms with Gasteiger partial charge in [0.15, 0.2) is 0 Å². The van der Waals surface area contributed by atoms with Crippen molar-refractivity contribution in [3.8, 4) is 5.75 Å². The molecule has 0 radical (unpaired) electrons. The van der Waals surface area contributed by atoms with E-state index in [2.05, 4.69) is 15.2 Å². The number of thioether (sulfide) groups is 1. The van der Waals surface area contributed by atoms with Crippen LogP contribution < -0.4 is 10.1 Å². The van der Waals surface area contributed by atoms with Gasteiger partial charge in [0.05, 0.1) is 18.8 Å². The Bertz CT molecular complexity index is 1070. The molecule has 1 aliphatic heterocycles. The number of benzene rings is 2. The third-order valence-electron chi connectivity index (χ3n) is 5.44. The van der Waals surface area contributed by atoms with Crippen LogP contribution >= 0.6 is 11.8 Å². The van der Waals surface area contributed by atoms with Crippen LogP contribution in [0.1, 0.15) is 21.5 Å². The van der Waals surface area contributed by atoms with Crippen molar-refractivity contribution in [1.82, 2.24) is 15.2 Å². The molecule has 4 rings (SSSR count). The van der Waals surface area contributed by atoms with Crippen LogP contribution in [-0.2, 0) is 17.0 Å². The van der Waals surface area contributed by atoms with Crippen molar-refractivity contribution in [2.45, 2.75) is 17.3 Å². The Morgan fingerprint density at radius 1 is 1.09 bits per heavy atom. The number of carbonyl (C=O) groups excluding carboxylic acids is 1. The van der Waals surface area contributed by atoms with Gasteiger partial charge in [-0.05, 0) is 47.5 Å². The van der Waals surface area contributed by atoms with Crippen LogP contribution in [0.3, 0.4) is 0 Å². The maximum Gasteiger partial charge on any atom is 0.254 e. The van der Waals surface area contributed by atoms with E-state index in [1.54, 1.807) is 30.5 Å². The number of ether oxygens (including phenoxy) is 2. The molecule has 3 aromatic rings. The lowest BCUT2D eigenvalue weighted by molar-refractivity contribution is 0.0322. The van der Waals surface area contributed by atoms with Crippen LogP contribution in [0.5, 0.6) is 5.75 Å². The van der Waals surface area contributed by atoms with Gasteiger partial charge >= 0.3 is 0 Å². The van der Waals surface area contributed by atoms with E-state index in [9.17, 15) is 9.18 Å². The highest BCUT2D eigenvalue weighted by Crippen LogP contribution is 2.24. The predicted octanol–water partition coefficient (Wildman–Crippen LogP) is 4.15. The molecule has 1 aromatic heterocycles. The second-order valence-corrected chi connectivity index (χ2v) is 8.87. The largest absolute Gasteiger partial charge is 0.492 e. The number of amides is 1. The minimum atomic E-state index is -0.266. The molecule has 0 unspecified atom stereocenters. The smallest absolute Gasteiger partial charge is 0.254 e. The molecule has 1 saturated heterocycles. The Balaban J connectivity index is 1.28. The van der Waals surface area contributed by atoms with E-state index >= 15 is 0 Å². The Hall–Kier alpha value is -2.94. The average Bonchev–Trinajstić information content (AvgIpc) is 2.88. The summed E-state index contributed by atoms with van der Waals surface area (Å²) in [5.41, 5.74) is 2.45. The van der Waals surface area contributed by atoms with Gasteiger partial charge in [0, 0.05) is 38.1 Å². The van der Waals surface area contributed by atoms with E-state index in [0.29, 0.717) is 29.5 Å². The number of hydrogen-bond acceptors (Lipinski definition) is 6. The molecule has 2 heterocycles. The number of hydrogen-bond donors (Lipinski definition) is 1. The molecular formula is C26H28FN3O3S. The predicted molar refractivity (Wildman–Crippen MR) is 131 cm³/mol. The van der Waals surface area contributed by atoms with Crippen LogP contribution in [-0.4, -0.2) is 55.2 Å². The molecule has 0 atom stereocenters. The van der Waals surface area contributed by atoms with E-state index in [0.717, 1.165) is 49.7 Å². The first kappa shape index (κ1) is 24.2. The van der Waals surface area contributed by atoms with Crippen LogP contribution in [0.15, 0.2) is 71.9 Å². The van der Waals surface area contributed by atoms with Crippen molar-refractivity contribution in [3.63, 3.8) is 0 Å². The van der Waals surface area contributed by atoms with Crippen LogP contribution in [0.4, 0.5) is 4.39 Å². The summed E-state index contributed by atoms with van der Waals surface area (Å²) < 4.78 is 24.4. The Morgan fingerprint density at radius 3 is 2.74 bits per heavy atom. The molecule has 0 aliphatic carbocycles. The van der Waals surface area contributed by atoms with Gasteiger partial charge < -0.3 is 14.8 Å². The fourth-order valence-corrected chi connectivity index (χ4v) is 4.50.